The summed E-state index contributed by atoms with van der Waals surface area (Å²) in [5.74, 6) is 2.02. The van der Waals surface area contributed by atoms with Gasteiger partial charge in [0.2, 0.25) is 0 Å². The van der Waals surface area contributed by atoms with Crippen molar-refractivity contribution >= 4 is 0 Å². The number of aryl methyl sites for hydroxylation is 1. The van der Waals surface area contributed by atoms with Crippen molar-refractivity contribution in [1.29, 1.82) is 0 Å². The van der Waals surface area contributed by atoms with E-state index in [9.17, 15) is 0 Å². The fourth-order valence-electron chi connectivity index (χ4n) is 4.28. The minimum absolute atomic E-state index is 0.409. The molecular formula is C18H29NO. The summed E-state index contributed by atoms with van der Waals surface area (Å²) in [6.45, 7) is 7.21. The van der Waals surface area contributed by atoms with Crippen molar-refractivity contribution in [3.63, 3.8) is 0 Å². The SMILES string of the molecule is CC(C)(C)C1CCCCC1NC1CCCc2occc21. The highest BCUT2D eigenvalue weighted by molar-refractivity contribution is 5.24. The number of hydrogen-bond donors (Lipinski definition) is 1. The smallest absolute Gasteiger partial charge is 0.108 e. The van der Waals surface area contributed by atoms with E-state index in [-0.39, 0.29) is 0 Å². The van der Waals surface area contributed by atoms with Crippen LogP contribution >= 0.6 is 0 Å². The summed E-state index contributed by atoms with van der Waals surface area (Å²) in [5, 5.41) is 4.00. The van der Waals surface area contributed by atoms with Gasteiger partial charge in [-0.05, 0) is 43.1 Å². The third-order valence-corrected chi connectivity index (χ3v) is 5.35. The second-order valence-corrected chi connectivity index (χ2v) is 7.77. The molecule has 0 spiro atoms. The van der Waals surface area contributed by atoms with Gasteiger partial charge in [-0.1, -0.05) is 33.6 Å². The van der Waals surface area contributed by atoms with E-state index in [4.69, 9.17) is 4.42 Å². The average Bonchev–Trinajstić information content (AvgIpc) is 2.87. The molecule has 3 atom stereocenters. The number of furan rings is 1. The van der Waals surface area contributed by atoms with Crippen LogP contribution in [0.4, 0.5) is 0 Å². The predicted molar refractivity (Wildman–Crippen MR) is 82.7 cm³/mol. The largest absolute Gasteiger partial charge is 0.469 e. The Labute approximate surface area is 123 Å². The molecule has 1 aromatic heterocycles. The van der Waals surface area contributed by atoms with Crippen LogP contribution in [0.15, 0.2) is 16.7 Å². The van der Waals surface area contributed by atoms with Crippen molar-refractivity contribution in [2.45, 2.75) is 77.8 Å². The Morgan fingerprint density at radius 1 is 1.10 bits per heavy atom. The second kappa shape index (κ2) is 5.55. The van der Waals surface area contributed by atoms with Gasteiger partial charge < -0.3 is 9.73 Å². The first-order valence-corrected chi connectivity index (χ1v) is 8.38. The highest BCUT2D eigenvalue weighted by Gasteiger charge is 2.36. The third kappa shape index (κ3) is 2.81. The van der Waals surface area contributed by atoms with Crippen LogP contribution in [0.25, 0.3) is 0 Å². The molecule has 1 N–H and O–H groups in total. The molecule has 0 bridgehead atoms. The molecule has 1 saturated carbocycles. The van der Waals surface area contributed by atoms with E-state index in [1.165, 1.54) is 49.8 Å². The Morgan fingerprint density at radius 2 is 1.90 bits per heavy atom. The van der Waals surface area contributed by atoms with Gasteiger partial charge in [0.05, 0.1) is 6.26 Å². The van der Waals surface area contributed by atoms with Gasteiger partial charge in [0, 0.05) is 24.1 Å². The van der Waals surface area contributed by atoms with Crippen molar-refractivity contribution in [3.8, 4) is 0 Å². The lowest BCUT2D eigenvalue weighted by Gasteiger charge is -2.43. The molecule has 2 aliphatic carbocycles. The van der Waals surface area contributed by atoms with E-state index >= 15 is 0 Å². The molecule has 0 aliphatic heterocycles. The monoisotopic (exact) mass is 275 g/mol. The number of nitrogens with one attached hydrogen (secondary N) is 1. The topological polar surface area (TPSA) is 25.2 Å². The van der Waals surface area contributed by atoms with Gasteiger partial charge in [-0.2, -0.15) is 0 Å². The fourth-order valence-corrected chi connectivity index (χ4v) is 4.28. The summed E-state index contributed by atoms with van der Waals surface area (Å²) >= 11 is 0. The van der Waals surface area contributed by atoms with Gasteiger partial charge in [0.15, 0.2) is 0 Å². The van der Waals surface area contributed by atoms with Crippen molar-refractivity contribution in [2.75, 3.05) is 0 Å². The Kier molecular flexibility index (Phi) is 3.94. The average molecular weight is 275 g/mol. The van der Waals surface area contributed by atoms with Crippen LogP contribution in [-0.2, 0) is 6.42 Å². The van der Waals surface area contributed by atoms with Gasteiger partial charge in [-0.25, -0.2) is 0 Å². The maximum absolute atomic E-state index is 5.63. The molecule has 1 aromatic rings. The van der Waals surface area contributed by atoms with E-state index in [2.05, 4.69) is 32.2 Å². The Balaban J connectivity index is 1.74. The summed E-state index contributed by atoms with van der Waals surface area (Å²) in [5.41, 5.74) is 1.83. The van der Waals surface area contributed by atoms with Crippen LogP contribution in [0.2, 0.25) is 0 Å². The highest BCUT2D eigenvalue weighted by atomic mass is 16.3. The lowest BCUT2D eigenvalue weighted by molar-refractivity contribution is 0.120. The fraction of sp³-hybridized carbons (Fsp3) is 0.778. The Hall–Kier alpha value is -0.760. The number of fused-ring (bicyclic) bond motifs is 1. The quantitative estimate of drug-likeness (QED) is 0.834. The first kappa shape index (κ1) is 14.2. The van der Waals surface area contributed by atoms with Crippen LogP contribution in [-0.4, -0.2) is 6.04 Å². The molecular weight excluding hydrogens is 246 g/mol. The molecule has 1 heterocycles. The summed E-state index contributed by atoms with van der Waals surface area (Å²) < 4.78 is 5.63. The van der Waals surface area contributed by atoms with Gasteiger partial charge in [-0.15, -0.1) is 0 Å². The van der Waals surface area contributed by atoms with E-state index in [0.717, 1.165) is 12.3 Å². The maximum Gasteiger partial charge on any atom is 0.108 e. The minimum Gasteiger partial charge on any atom is -0.469 e. The molecule has 2 nitrogen and oxygen atoms in total. The Morgan fingerprint density at radius 3 is 2.70 bits per heavy atom. The number of rotatable bonds is 2. The third-order valence-electron chi connectivity index (χ3n) is 5.35. The van der Waals surface area contributed by atoms with Crippen molar-refractivity contribution in [3.05, 3.63) is 23.7 Å². The summed E-state index contributed by atoms with van der Waals surface area (Å²) in [7, 11) is 0. The maximum atomic E-state index is 5.63. The summed E-state index contributed by atoms with van der Waals surface area (Å²) in [4.78, 5) is 0. The van der Waals surface area contributed by atoms with Crippen LogP contribution in [0, 0.1) is 11.3 Å². The van der Waals surface area contributed by atoms with Crippen LogP contribution in [0.5, 0.6) is 0 Å². The van der Waals surface area contributed by atoms with Gasteiger partial charge >= 0.3 is 0 Å². The molecule has 0 saturated heterocycles. The zero-order valence-corrected chi connectivity index (χ0v) is 13.2. The normalized spacial score (nSPS) is 31.1. The summed E-state index contributed by atoms with van der Waals surface area (Å²) in [6.07, 6.45) is 11.0. The van der Waals surface area contributed by atoms with E-state index in [0.29, 0.717) is 17.5 Å². The molecule has 3 unspecified atom stereocenters. The zero-order valence-electron chi connectivity index (χ0n) is 13.2. The van der Waals surface area contributed by atoms with Crippen molar-refractivity contribution < 1.29 is 4.42 Å². The molecule has 20 heavy (non-hydrogen) atoms. The standard InChI is InChI=1S/C18H29NO/c1-18(2,3)14-7-4-5-8-16(14)19-15-9-6-10-17-13(15)11-12-20-17/h11-12,14-16,19H,4-10H2,1-3H3. The number of hydrogen-bond acceptors (Lipinski definition) is 2. The Bertz CT molecular complexity index is 443. The molecule has 0 aromatic carbocycles. The van der Waals surface area contributed by atoms with Crippen molar-refractivity contribution in [2.24, 2.45) is 11.3 Å². The second-order valence-electron chi connectivity index (χ2n) is 7.77. The molecule has 0 amide bonds. The molecule has 2 aliphatic rings. The lowest BCUT2D eigenvalue weighted by atomic mass is 9.69. The van der Waals surface area contributed by atoms with Gasteiger partial charge in [0.25, 0.3) is 0 Å². The minimum atomic E-state index is 0.409. The van der Waals surface area contributed by atoms with Crippen LogP contribution in [0.3, 0.4) is 0 Å². The summed E-state index contributed by atoms with van der Waals surface area (Å²) in [6, 6.07) is 3.38. The van der Waals surface area contributed by atoms with E-state index in [1.807, 2.05) is 6.26 Å². The predicted octanol–water partition coefficient (Wildman–Crippen LogP) is 4.85. The first-order chi connectivity index (χ1) is 9.55. The molecule has 2 heteroatoms. The van der Waals surface area contributed by atoms with Crippen LogP contribution in [0.1, 0.15) is 76.7 Å². The molecule has 3 rings (SSSR count). The van der Waals surface area contributed by atoms with Gasteiger partial charge in [0.1, 0.15) is 5.76 Å². The molecule has 112 valence electrons. The van der Waals surface area contributed by atoms with E-state index < -0.39 is 0 Å². The van der Waals surface area contributed by atoms with Crippen LogP contribution < -0.4 is 5.32 Å². The van der Waals surface area contributed by atoms with Crippen molar-refractivity contribution in [1.82, 2.24) is 5.32 Å². The first-order valence-electron chi connectivity index (χ1n) is 8.38. The van der Waals surface area contributed by atoms with Gasteiger partial charge in [-0.3, -0.25) is 0 Å². The molecule has 1 fully saturated rings. The lowest BCUT2D eigenvalue weighted by Crippen LogP contribution is -2.46. The highest BCUT2D eigenvalue weighted by Crippen LogP contribution is 2.40. The zero-order chi connectivity index (χ0) is 14.2. The molecule has 0 radical (unpaired) electrons. The van der Waals surface area contributed by atoms with E-state index in [1.54, 1.807) is 0 Å².